The van der Waals surface area contributed by atoms with Gasteiger partial charge in [0.2, 0.25) is 5.82 Å². The van der Waals surface area contributed by atoms with Crippen molar-refractivity contribution in [3.8, 4) is 11.8 Å². The van der Waals surface area contributed by atoms with Crippen LogP contribution in [0.25, 0.3) is 16.6 Å². The largest absolute Gasteiger partial charge is 0.455 e. The third kappa shape index (κ3) is 3.29. The third-order valence-electron chi connectivity index (χ3n) is 4.22. The molecule has 0 atom stereocenters. The summed E-state index contributed by atoms with van der Waals surface area (Å²) < 4.78 is 49.6. The lowest BCUT2D eigenvalue weighted by molar-refractivity contribution is -0.146. The number of halogens is 3. The molecular weight excluding hydrogens is 417 g/mol. The van der Waals surface area contributed by atoms with Gasteiger partial charge in [0.25, 0.3) is 5.82 Å². The van der Waals surface area contributed by atoms with E-state index in [0.29, 0.717) is 28.1 Å². The lowest BCUT2D eigenvalue weighted by atomic mass is 10.1. The summed E-state index contributed by atoms with van der Waals surface area (Å²) in [6.07, 6.45) is -1.51. The van der Waals surface area contributed by atoms with Gasteiger partial charge in [0.1, 0.15) is 0 Å². The van der Waals surface area contributed by atoms with Crippen molar-refractivity contribution in [2.45, 2.75) is 13.1 Å². The molecular formula is C18H9F3N8O2. The average molecular weight is 426 g/mol. The highest BCUT2D eigenvalue weighted by Crippen LogP contribution is 2.30. The van der Waals surface area contributed by atoms with Gasteiger partial charge in [0, 0.05) is 12.4 Å². The molecule has 154 valence electrons. The topological polar surface area (TPSA) is 120 Å². The van der Waals surface area contributed by atoms with Crippen LogP contribution in [0.3, 0.4) is 0 Å². The summed E-state index contributed by atoms with van der Waals surface area (Å²) in [6.45, 7) is 1.73. The fourth-order valence-electron chi connectivity index (χ4n) is 2.76. The van der Waals surface area contributed by atoms with Crippen LogP contribution in [0.2, 0.25) is 0 Å². The summed E-state index contributed by atoms with van der Waals surface area (Å²) >= 11 is 0. The van der Waals surface area contributed by atoms with Gasteiger partial charge >= 0.3 is 12.2 Å². The summed E-state index contributed by atoms with van der Waals surface area (Å²) in [7, 11) is 0. The predicted molar refractivity (Wildman–Crippen MR) is 98.1 cm³/mol. The van der Waals surface area contributed by atoms with Crippen LogP contribution in [-0.2, 0) is 6.18 Å². The molecule has 0 aliphatic heterocycles. The molecule has 1 N–H and O–H groups in total. The van der Waals surface area contributed by atoms with Crippen molar-refractivity contribution in [2.24, 2.45) is 0 Å². The van der Waals surface area contributed by atoms with E-state index in [9.17, 15) is 13.2 Å². The molecule has 0 unspecified atom stereocenters. The third-order valence-corrected chi connectivity index (χ3v) is 4.22. The van der Waals surface area contributed by atoms with Gasteiger partial charge in [-0.1, -0.05) is 17.1 Å². The molecule has 0 aliphatic carbocycles. The Morgan fingerprint density at radius 2 is 1.97 bits per heavy atom. The number of hydrogen-bond donors (Lipinski definition) is 1. The highest BCUT2D eigenvalue weighted by Gasteiger charge is 2.37. The van der Waals surface area contributed by atoms with Crippen LogP contribution in [0.5, 0.6) is 0 Å². The lowest BCUT2D eigenvalue weighted by Crippen LogP contribution is -2.07. The Morgan fingerprint density at radius 3 is 2.77 bits per heavy atom. The smallest absolute Gasteiger partial charge is 0.353 e. The Bertz CT molecular complexity index is 1490. The summed E-state index contributed by atoms with van der Waals surface area (Å²) in [5, 5.41) is 17.6. The quantitative estimate of drug-likeness (QED) is 0.425. The highest BCUT2D eigenvalue weighted by molar-refractivity contribution is 5.92. The molecule has 0 bridgehead atoms. The number of rotatable bonds is 2. The predicted octanol–water partition coefficient (Wildman–Crippen LogP) is 3.12. The molecule has 5 rings (SSSR count). The number of pyridine rings is 2. The second-order valence-electron chi connectivity index (χ2n) is 6.24. The van der Waals surface area contributed by atoms with E-state index in [2.05, 4.69) is 52.2 Å². The van der Waals surface area contributed by atoms with Crippen molar-refractivity contribution in [3.63, 3.8) is 0 Å². The summed E-state index contributed by atoms with van der Waals surface area (Å²) in [6, 6.07) is 4.96. The Balaban J connectivity index is 1.52. The molecule has 0 fully saturated rings. The van der Waals surface area contributed by atoms with Gasteiger partial charge in [-0.05, 0) is 30.1 Å². The second kappa shape index (κ2) is 6.80. The van der Waals surface area contributed by atoms with Gasteiger partial charge in [-0.2, -0.15) is 18.2 Å². The summed E-state index contributed by atoms with van der Waals surface area (Å²) in [5.41, 5.74) is 1.93. The fraction of sp³-hybridized carbons (Fsp3) is 0.111. The molecule has 0 amide bonds. The Hall–Kier alpha value is -4.47. The second-order valence-corrected chi connectivity index (χ2v) is 6.24. The number of alkyl halides is 3. The monoisotopic (exact) mass is 426 g/mol. The molecule has 13 heteroatoms. The van der Waals surface area contributed by atoms with Gasteiger partial charge in [-0.15, -0.1) is 10.2 Å². The lowest BCUT2D eigenvalue weighted by Gasteiger charge is -1.99. The standard InChI is InChI=1S/C18H9F3N8O2/c1-9-10(5-6-13-26-25-12-4-2-3-7-29(12)13)14-11(8-22-9)15(27-30-14)23-17-24-16(28-31-17)18(19,20)21/h2-4,7-8H,1H3,(H,23,24,27,28). The van der Waals surface area contributed by atoms with Crippen LogP contribution >= 0.6 is 0 Å². The zero-order valence-corrected chi connectivity index (χ0v) is 15.5. The first-order valence-electron chi connectivity index (χ1n) is 8.65. The van der Waals surface area contributed by atoms with E-state index in [4.69, 9.17) is 4.52 Å². The minimum atomic E-state index is -4.73. The van der Waals surface area contributed by atoms with E-state index < -0.39 is 18.0 Å². The Kier molecular flexibility index (Phi) is 4.07. The van der Waals surface area contributed by atoms with E-state index in [1.54, 1.807) is 23.6 Å². The van der Waals surface area contributed by atoms with Crippen molar-refractivity contribution >= 4 is 28.4 Å². The maximum absolute atomic E-state index is 12.6. The maximum Gasteiger partial charge on any atom is 0.455 e. The zero-order chi connectivity index (χ0) is 21.6. The zero-order valence-electron chi connectivity index (χ0n) is 15.5. The normalized spacial score (nSPS) is 11.6. The molecule has 0 radical (unpaired) electrons. The molecule has 5 aromatic rings. The minimum absolute atomic E-state index is 0.0517. The van der Waals surface area contributed by atoms with Crippen LogP contribution in [0, 0.1) is 18.8 Å². The van der Waals surface area contributed by atoms with Crippen LogP contribution in [0.1, 0.15) is 22.9 Å². The van der Waals surface area contributed by atoms with E-state index in [-0.39, 0.29) is 11.4 Å². The molecule has 10 nitrogen and oxygen atoms in total. The number of aromatic nitrogens is 7. The molecule has 5 heterocycles. The van der Waals surface area contributed by atoms with Crippen molar-refractivity contribution < 1.29 is 22.2 Å². The van der Waals surface area contributed by atoms with Crippen molar-refractivity contribution in [3.05, 3.63) is 53.5 Å². The number of fused-ring (bicyclic) bond motifs is 2. The molecule has 0 saturated heterocycles. The van der Waals surface area contributed by atoms with Crippen LogP contribution in [0.15, 0.2) is 39.6 Å². The summed E-state index contributed by atoms with van der Waals surface area (Å²) in [4.78, 5) is 7.50. The molecule has 31 heavy (non-hydrogen) atoms. The summed E-state index contributed by atoms with van der Waals surface area (Å²) in [5.74, 6) is 4.93. The van der Waals surface area contributed by atoms with Gasteiger partial charge in [0.05, 0.1) is 16.6 Å². The maximum atomic E-state index is 12.6. The molecule has 5 aromatic heterocycles. The van der Waals surface area contributed by atoms with Gasteiger partial charge in [-0.3, -0.25) is 14.7 Å². The van der Waals surface area contributed by atoms with E-state index in [1.807, 2.05) is 12.1 Å². The highest BCUT2D eigenvalue weighted by atomic mass is 19.4. The first-order chi connectivity index (χ1) is 14.9. The number of hydrogen-bond acceptors (Lipinski definition) is 9. The number of aryl methyl sites for hydroxylation is 1. The van der Waals surface area contributed by atoms with Crippen LogP contribution < -0.4 is 5.32 Å². The SMILES string of the molecule is Cc1ncc2c(Nc3nc(C(F)(F)F)no3)noc2c1C#Cc1nnc2ccccn12. The average Bonchev–Trinajstić information content (AvgIpc) is 3.46. The fourth-order valence-corrected chi connectivity index (χ4v) is 2.76. The first kappa shape index (κ1) is 18.6. The van der Waals surface area contributed by atoms with Crippen molar-refractivity contribution in [1.29, 1.82) is 0 Å². The minimum Gasteiger partial charge on any atom is -0.353 e. The van der Waals surface area contributed by atoms with Gasteiger partial charge < -0.3 is 9.05 Å². The first-order valence-corrected chi connectivity index (χ1v) is 8.65. The van der Waals surface area contributed by atoms with Gasteiger partial charge in [-0.25, -0.2) is 0 Å². The number of anilines is 2. The molecule has 0 aromatic carbocycles. The number of nitrogens with zero attached hydrogens (tertiary/aromatic N) is 7. The number of nitrogens with one attached hydrogen (secondary N) is 1. The van der Waals surface area contributed by atoms with E-state index in [0.717, 1.165) is 0 Å². The van der Waals surface area contributed by atoms with E-state index >= 15 is 0 Å². The van der Waals surface area contributed by atoms with Crippen molar-refractivity contribution in [2.75, 3.05) is 5.32 Å². The van der Waals surface area contributed by atoms with Crippen LogP contribution in [0.4, 0.5) is 25.0 Å². The Labute approximate surface area is 170 Å². The van der Waals surface area contributed by atoms with Crippen molar-refractivity contribution in [1.82, 2.24) is 34.9 Å². The molecule has 0 spiro atoms. The van der Waals surface area contributed by atoms with E-state index in [1.165, 1.54) is 6.20 Å². The molecule has 0 saturated carbocycles. The Morgan fingerprint density at radius 1 is 1.10 bits per heavy atom. The van der Waals surface area contributed by atoms with Crippen LogP contribution in [-0.4, -0.2) is 34.9 Å². The molecule has 0 aliphatic rings. The van der Waals surface area contributed by atoms with Gasteiger partial charge in [0.15, 0.2) is 17.0 Å².